The number of nitrogens with zero attached hydrogens (tertiary/aromatic N) is 1. The van der Waals surface area contributed by atoms with E-state index in [0.29, 0.717) is 17.9 Å². The summed E-state index contributed by atoms with van der Waals surface area (Å²) in [6.07, 6.45) is 1.10. The van der Waals surface area contributed by atoms with Gasteiger partial charge in [-0.1, -0.05) is 18.2 Å². The molecular weight excluding hydrogens is 268 g/mol. The Morgan fingerprint density at radius 3 is 3.05 bits per heavy atom. The maximum Gasteiger partial charge on any atom is 0.269 e. The number of nitrogen functional groups attached to an aromatic ring is 1. The molecule has 1 saturated heterocycles. The van der Waals surface area contributed by atoms with Crippen molar-refractivity contribution >= 4 is 16.9 Å². The Hall–Kier alpha value is -1.89. The summed E-state index contributed by atoms with van der Waals surface area (Å²) in [5.41, 5.74) is 3.49. The lowest BCUT2D eigenvalue weighted by molar-refractivity contribution is 0.0951. The lowest BCUT2D eigenvalue weighted by Crippen LogP contribution is -2.32. The molecule has 0 spiro atoms. The topological polar surface area (TPSA) is 83.5 Å². The number of amides is 1. The van der Waals surface area contributed by atoms with Crippen molar-refractivity contribution in [2.24, 2.45) is 5.84 Å². The molecule has 2 aromatic rings. The van der Waals surface area contributed by atoms with Gasteiger partial charge < -0.3 is 9.73 Å². The number of nitrogens with two attached hydrogens (primary N) is 1. The van der Waals surface area contributed by atoms with E-state index in [4.69, 9.17) is 10.3 Å². The van der Waals surface area contributed by atoms with E-state index in [-0.39, 0.29) is 5.91 Å². The number of carbonyl (C=O) groups is 1. The van der Waals surface area contributed by atoms with E-state index < -0.39 is 0 Å². The number of hydrazine groups is 1. The Balaban J connectivity index is 1.94. The van der Waals surface area contributed by atoms with Crippen LogP contribution in [0.1, 0.15) is 22.5 Å². The van der Waals surface area contributed by atoms with Gasteiger partial charge in [0.2, 0.25) is 0 Å². The minimum Gasteiger partial charge on any atom is -0.459 e. The fraction of sp³-hybridized carbons (Fsp3) is 0.400. The molecule has 0 radical (unpaired) electrons. The van der Waals surface area contributed by atoms with E-state index in [1.807, 2.05) is 24.3 Å². The average Bonchev–Trinajstić information content (AvgIpc) is 2.67. The summed E-state index contributed by atoms with van der Waals surface area (Å²) in [4.78, 5) is 14.4. The van der Waals surface area contributed by atoms with Crippen LogP contribution in [0.2, 0.25) is 0 Å². The molecule has 2 heterocycles. The first-order chi connectivity index (χ1) is 10.3. The molecule has 1 aliphatic rings. The fourth-order valence-corrected chi connectivity index (χ4v) is 2.79. The molecule has 1 aromatic carbocycles. The third-order valence-electron chi connectivity index (χ3n) is 3.83. The highest BCUT2D eigenvalue weighted by molar-refractivity contribution is 6.07. The molecule has 3 rings (SSSR count). The van der Waals surface area contributed by atoms with Gasteiger partial charge in [0, 0.05) is 18.5 Å². The van der Waals surface area contributed by atoms with Crippen molar-refractivity contribution in [1.29, 1.82) is 0 Å². The molecule has 112 valence electrons. The van der Waals surface area contributed by atoms with Crippen molar-refractivity contribution in [1.82, 2.24) is 15.6 Å². The minimum absolute atomic E-state index is 0.303. The number of hydrogen-bond acceptors (Lipinski definition) is 5. The first-order valence-electron chi connectivity index (χ1n) is 7.24. The number of para-hydroxylation sites is 1. The summed E-state index contributed by atoms with van der Waals surface area (Å²) in [7, 11) is 0. The van der Waals surface area contributed by atoms with E-state index in [1.165, 1.54) is 0 Å². The zero-order valence-corrected chi connectivity index (χ0v) is 11.9. The van der Waals surface area contributed by atoms with Crippen LogP contribution in [0.5, 0.6) is 0 Å². The number of hydrogen-bond donors (Lipinski definition) is 3. The Morgan fingerprint density at radius 2 is 2.19 bits per heavy atom. The van der Waals surface area contributed by atoms with Crippen molar-refractivity contribution < 1.29 is 9.21 Å². The zero-order chi connectivity index (χ0) is 14.7. The fourth-order valence-electron chi connectivity index (χ4n) is 2.79. The van der Waals surface area contributed by atoms with Crippen molar-refractivity contribution in [3.63, 3.8) is 0 Å². The molecule has 0 unspecified atom stereocenters. The molecular formula is C15H20N4O2. The summed E-state index contributed by atoms with van der Waals surface area (Å²) >= 11 is 0. The third-order valence-corrected chi connectivity index (χ3v) is 3.83. The van der Waals surface area contributed by atoms with Gasteiger partial charge in [-0.15, -0.1) is 0 Å². The second kappa shape index (κ2) is 6.26. The SMILES string of the molecule is NNC(=O)c1c(CN2CCCNCC2)oc2ccccc12. The Bertz CT molecular complexity index is 630. The summed E-state index contributed by atoms with van der Waals surface area (Å²) in [5, 5.41) is 4.18. The van der Waals surface area contributed by atoms with Gasteiger partial charge in [-0.25, -0.2) is 5.84 Å². The molecule has 0 aliphatic carbocycles. The van der Waals surface area contributed by atoms with Gasteiger partial charge in [-0.3, -0.25) is 15.1 Å². The van der Waals surface area contributed by atoms with Gasteiger partial charge in [0.1, 0.15) is 11.3 Å². The number of furan rings is 1. The average molecular weight is 288 g/mol. The molecule has 1 fully saturated rings. The van der Waals surface area contributed by atoms with Crippen molar-refractivity contribution in [3.8, 4) is 0 Å². The molecule has 0 atom stereocenters. The van der Waals surface area contributed by atoms with Gasteiger partial charge in [0.25, 0.3) is 5.91 Å². The largest absolute Gasteiger partial charge is 0.459 e. The molecule has 1 aliphatic heterocycles. The molecule has 0 saturated carbocycles. The second-order valence-corrected chi connectivity index (χ2v) is 5.25. The highest BCUT2D eigenvalue weighted by Gasteiger charge is 2.22. The van der Waals surface area contributed by atoms with Crippen LogP contribution in [0.25, 0.3) is 11.0 Å². The standard InChI is InChI=1S/C15H20N4O2/c16-18-15(20)14-11-4-1-2-5-12(11)21-13(14)10-19-8-3-6-17-7-9-19/h1-2,4-5,17H,3,6-10,16H2,(H,18,20). The van der Waals surface area contributed by atoms with Gasteiger partial charge in [0.05, 0.1) is 12.1 Å². The third kappa shape index (κ3) is 2.92. The van der Waals surface area contributed by atoms with Crippen LogP contribution < -0.4 is 16.6 Å². The molecule has 6 nitrogen and oxygen atoms in total. The maximum absolute atomic E-state index is 12.1. The van der Waals surface area contributed by atoms with E-state index in [2.05, 4.69) is 15.6 Å². The first kappa shape index (κ1) is 14.1. The Labute approximate surface area is 123 Å². The van der Waals surface area contributed by atoms with E-state index in [9.17, 15) is 4.79 Å². The highest BCUT2D eigenvalue weighted by atomic mass is 16.3. The van der Waals surface area contributed by atoms with Gasteiger partial charge in [0.15, 0.2) is 0 Å². The summed E-state index contributed by atoms with van der Waals surface area (Å²) in [5.74, 6) is 5.70. The number of carbonyl (C=O) groups excluding carboxylic acids is 1. The van der Waals surface area contributed by atoms with Crippen LogP contribution in [0.15, 0.2) is 28.7 Å². The molecule has 4 N–H and O–H groups in total. The minimum atomic E-state index is -0.303. The number of rotatable bonds is 3. The predicted octanol–water partition coefficient (Wildman–Crippen LogP) is 0.832. The second-order valence-electron chi connectivity index (χ2n) is 5.25. The monoisotopic (exact) mass is 288 g/mol. The maximum atomic E-state index is 12.1. The molecule has 0 bridgehead atoms. The van der Waals surface area contributed by atoms with Gasteiger partial charge >= 0.3 is 0 Å². The van der Waals surface area contributed by atoms with Crippen molar-refractivity contribution in [3.05, 3.63) is 35.6 Å². The quantitative estimate of drug-likeness (QED) is 0.443. The predicted molar refractivity (Wildman–Crippen MR) is 80.6 cm³/mol. The lowest BCUT2D eigenvalue weighted by atomic mass is 10.1. The summed E-state index contributed by atoms with van der Waals surface area (Å²) in [6, 6.07) is 7.55. The van der Waals surface area contributed by atoms with E-state index in [1.54, 1.807) is 0 Å². The zero-order valence-electron chi connectivity index (χ0n) is 11.9. The smallest absolute Gasteiger partial charge is 0.269 e. The lowest BCUT2D eigenvalue weighted by Gasteiger charge is -2.18. The van der Waals surface area contributed by atoms with Crippen LogP contribution in [-0.4, -0.2) is 37.0 Å². The molecule has 1 aromatic heterocycles. The van der Waals surface area contributed by atoms with E-state index in [0.717, 1.165) is 43.6 Å². The van der Waals surface area contributed by atoms with Crippen LogP contribution >= 0.6 is 0 Å². The molecule has 1 amide bonds. The van der Waals surface area contributed by atoms with Gasteiger partial charge in [-0.05, 0) is 25.6 Å². The Morgan fingerprint density at radius 1 is 1.33 bits per heavy atom. The number of fused-ring (bicyclic) bond motifs is 1. The normalized spacial score (nSPS) is 16.8. The van der Waals surface area contributed by atoms with Crippen LogP contribution in [0, 0.1) is 0 Å². The summed E-state index contributed by atoms with van der Waals surface area (Å²) in [6.45, 7) is 4.55. The molecule has 6 heteroatoms. The first-order valence-corrected chi connectivity index (χ1v) is 7.24. The Kier molecular flexibility index (Phi) is 4.19. The number of benzene rings is 1. The van der Waals surface area contributed by atoms with Crippen LogP contribution in [0.4, 0.5) is 0 Å². The highest BCUT2D eigenvalue weighted by Crippen LogP contribution is 2.27. The van der Waals surface area contributed by atoms with Crippen molar-refractivity contribution in [2.45, 2.75) is 13.0 Å². The summed E-state index contributed by atoms with van der Waals surface area (Å²) < 4.78 is 5.89. The van der Waals surface area contributed by atoms with Crippen LogP contribution in [-0.2, 0) is 6.54 Å². The van der Waals surface area contributed by atoms with Crippen molar-refractivity contribution in [2.75, 3.05) is 26.2 Å². The van der Waals surface area contributed by atoms with Gasteiger partial charge in [-0.2, -0.15) is 0 Å². The van der Waals surface area contributed by atoms with E-state index >= 15 is 0 Å². The van der Waals surface area contributed by atoms with Crippen LogP contribution in [0.3, 0.4) is 0 Å². The molecule has 21 heavy (non-hydrogen) atoms. The number of nitrogens with one attached hydrogen (secondary N) is 2.